The summed E-state index contributed by atoms with van der Waals surface area (Å²) in [6, 6.07) is 3.21. The number of esters is 1. The fraction of sp³-hybridized carbons (Fsp3) is 0.368. The monoisotopic (exact) mass is 449 g/mol. The molecule has 0 fully saturated rings. The lowest BCUT2D eigenvalue weighted by Gasteiger charge is -2.20. The molecule has 1 atom stereocenters. The van der Waals surface area contributed by atoms with E-state index in [2.05, 4.69) is 25.4 Å². The standard InChI is InChI=1S/C19H18F3N7O3/c1-3-32-17(31)18(2)10-12(23)25-14(26-13(10)27-16(18)30)11-9-5-4-7-24-15(9)29(28-11)8-6-19(20,21)22/h4-5,7H,3,6,8H2,1-2H3,(H3,23,25,26,27,30). The number of nitrogen functional groups attached to an aromatic ring is 1. The van der Waals surface area contributed by atoms with E-state index in [-0.39, 0.29) is 41.0 Å². The molecule has 1 aliphatic heterocycles. The summed E-state index contributed by atoms with van der Waals surface area (Å²) in [4.78, 5) is 37.7. The number of amides is 1. The first-order valence-corrected chi connectivity index (χ1v) is 9.61. The Balaban J connectivity index is 1.82. The predicted octanol–water partition coefficient (Wildman–Crippen LogP) is 2.20. The first-order chi connectivity index (χ1) is 15.1. The quantitative estimate of drug-likeness (QED) is 0.447. The highest BCUT2D eigenvalue weighted by atomic mass is 19.4. The Kier molecular flexibility index (Phi) is 4.98. The number of ether oxygens (including phenoxy) is 1. The molecule has 1 unspecified atom stereocenters. The van der Waals surface area contributed by atoms with Crippen LogP contribution in [0.5, 0.6) is 0 Å². The average molecular weight is 449 g/mol. The van der Waals surface area contributed by atoms with Crippen LogP contribution in [0, 0.1) is 0 Å². The minimum Gasteiger partial charge on any atom is -0.465 e. The van der Waals surface area contributed by atoms with Crippen molar-refractivity contribution in [3.05, 3.63) is 23.9 Å². The summed E-state index contributed by atoms with van der Waals surface area (Å²) in [6.45, 7) is 2.57. The van der Waals surface area contributed by atoms with Gasteiger partial charge in [0.15, 0.2) is 16.9 Å². The molecule has 3 N–H and O–H groups in total. The van der Waals surface area contributed by atoms with Gasteiger partial charge in [-0.2, -0.15) is 18.3 Å². The van der Waals surface area contributed by atoms with E-state index in [9.17, 15) is 22.8 Å². The maximum atomic E-state index is 12.7. The number of halogens is 3. The Bertz CT molecular complexity index is 1240. The van der Waals surface area contributed by atoms with E-state index in [4.69, 9.17) is 10.5 Å². The Labute approximate surface area is 179 Å². The number of rotatable bonds is 5. The van der Waals surface area contributed by atoms with Gasteiger partial charge in [0.2, 0.25) is 5.91 Å². The lowest BCUT2D eigenvalue weighted by atomic mass is 9.84. The summed E-state index contributed by atoms with van der Waals surface area (Å²) in [7, 11) is 0. The van der Waals surface area contributed by atoms with Crippen molar-refractivity contribution in [3.8, 4) is 11.5 Å². The van der Waals surface area contributed by atoms with Crippen LogP contribution in [0.25, 0.3) is 22.6 Å². The van der Waals surface area contributed by atoms with Crippen molar-refractivity contribution < 1.29 is 27.5 Å². The van der Waals surface area contributed by atoms with Crippen LogP contribution in [-0.4, -0.2) is 49.4 Å². The summed E-state index contributed by atoms with van der Waals surface area (Å²) in [5.41, 5.74) is 4.80. The summed E-state index contributed by atoms with van der Waals surface area (Å²) in [5, 5.41) is 7.14. The topological polar surface area (TPSA) is 138 Å². The molecule has 3 aromatic rings. The number of carbonyl (C=O) groups excluding carboxylic acids is 2. The van der Waals surface area contributed by atoms with Gasteiger partial charge in [-0.3, -0.25) is 9.59 Å². The Hall–Kier alpha value is -3.77. The van der Waals surface area contributed by atoms with Gasteiger partial charge in [0, 0.05) is 6.20 Å². The van der Waals surface area contributed by atoms with Crippen LogP contribution in [0.3, 0.4) is 0 Å². The van der Waals surface area contributed by atoms with E-state index >= 15 is 0 Å². The number of hydrogen-bond donors (Lipinski definition) is 2. The van der Waals surface area contributed by atoms with E-state index in [0.717, 1.165) is 4.68 Å². The molecule has 13 heteroatoms. The highest BCUT2D eigenvalue weighted by Gasteiger charge is 2.53. The van der Waals surface area contributed by atoms with Crippen LogP contribution in [0.4, 0.5) is 24.8 Å². The average Bonchev–Trinajstić information content (AvgIpc) is 3.22. The molecule has 32 heavy (non-hydrogen) atoms. The van der Waals surface area contributed by atoms with Crippen LogP contribution in [0.2, 0.25) is 0 Å². The molecule has 4 heterocycles. The summed E-state index contributed by atoms with van der Waals surface area (Å²) >= 11 is 0. The third-order valence-electron chi connectivity index (χ3n) is 5.13. The third kappa shape index (κ3) is 3.39. The molecular formula is C19H18F3N7O3. The van der Waals surface area contributed by atoms with Crippen LogP contribution in [-0.2, 0) is 26.3 Å². The van der Waals surface area contributed by atoms with Gasteiger partial charge >= 0.3 is 12.1 Å². The van der Waals surface area contributed by atoms with Gasteiger partial charge in [0.25, 0.3) is 0 Å². The molecular weight excluding hydrogens is 431 g/mol. The maximum absolute atomic E-state index is 12.7. The zero-order valence-electron chi connectivity index (χ0n) is 17.0. The van der Waals surface area contributed by atoms with Crippen molar-refractivity contribution in [2.24, 2.45) is 0 Å². The van der Waals surface area contributed by atoms with Crippen LogP contribution < -0.4 is 11.1 Å². The van der Waals surface area contributed by atoms with Gasteiger partial charge < -0.3 is 15.8 Å². The van der Waals surface area contributed by atoms with E-state index in [1.54, 1.807) is 19.1 Å². The first kappa shape index (κ1) is 21.5. The second-order valence-electron chi connectivity index (χ2n) is 7.27. The van der Waals surface area contributed by atoms with Crippen molar-refractivity contribution in [2.75, 3.05) is 17.7 Å². The number of anilines is 2. The SMILES string of the molecule is CCOC(=O)C1(C)C(=O)Nc2nc(-c3nn(CCC(F)(F)F)c4ncccc34)nc(N)c21. The number of nitrogens with two attached hydrogens (primary N) is 1. The molecule has 0 radical (unpaired) electrons. The molecule has 1 aliphatic rings. The van der Waals surface area contributed by atoms with Gasteiger partial charge in [-0.25, -0.2) is 19.6 Å². The first-order valence-electron chi connectivity index (χ1n) is 9.61. The molecule has 0 aliphatic carbocycles. The zero-order chi connectivity index (χ0) is 23.3. The van der Waals surface area contributed by atoms with E-state index in [1.165, 1.54) is 13.1 Å². The number of fused-ring (bicyclic) bond motifs is 2. The van der Waals surface area contributed by atoms with Crippen LogP contribution >= 0.6 is 0 Å². The number of alkyl halides is 3. The van der Waals surface area contributed by atoms with E-state index in [0.29, 0.717) is 5.39 Å². The number of carbonyl (C=O) groups is 2. The summed E-state index contributed by atoms with van der Waals surface area (Å²) in [5.74, 6) is -1.65. The highest BCUT2D eigenvalue weighted by molar-refractivity contribution is 6.19. The molecule has 0 saturated heterocycles. The zero-order valence-corrected chi connectivity index (χ0v) is 17.0. The normalized spacial score (nSPS) is 18.0. The molecule has 0 aromatic carbocycles. The Morgan fingerprint density at radius 1 is 1.34 bits per heavy atom. The van der Waals surface area contributed by atoms with Gasteiger partial charge in [0.05, 0.1) is 30.5 Å². The van der Waals surface area contributed by atoms with Gasteiger partial charge in [-0.15, -0.1) is 0 Å². The fourth-order valence-electron chi connectivity index (χ4n) is 3.55. The largest absolute Gasteiger partial charge is 0.465 e. The Morgan fingerprint density at radius 3 is 2.78 bits per heavy atom. The lowest BCUT2D eigenvalue weighted by Crippen LogP contribution is -2.41. The molecule has 3 aromatic heterocycles. The van der Waals surface area contributed by atoms with Crippen molar-refractivity contribution in [3.63, 3.8) is 0 Å². The second kappa shape index (κ2) is 7.43. The molecule has 0 bridgehead atoms. The van der Waals surface area contributed by atoms with Crippen molar-refractivity contribution in [1.29, 1.82) is 0 Å². The second-order valence-corrected chi connectivity index (χ2v) is 7.27. The summed E-state index contributed by atoms with van der Waals surface area (Å²) < 4.78 is 44.3. The van der Waals surface area contributed by atoms with Crippen LogP contribution in [0.1, 0.15) is 25.8 Å². The smallest absolute Gasteiger partial charge is 0.390 e. The molecule has 10 nitrogen and oxygen atoms in total. The van der Waals surface area contributed by atoms with Gasteiger partial charge in [-0.05, 0) is 26.0 Å². The van der Waals surface area contributed by atoms with E-state index < -0.39 is 36.4 Å². The number of nitrogens with one attached hydrogen (secondary N) is 1. The molecule has 0 saturated carbocycles. The van der Waals surface area contributed by atoms with Crippen molar-refractivity contribution >= 4 is 34.5 Å². The number of pyridine rings is 1. The number of hydrogen-bond acceptors (Lipinski definition) is 8. The van der Waals surface area contributed by atoms with Crippen molar-refractivity contribution in [2.45, 2.75) is 38.4 Å². The lowest BCUT2D eigenvalue weighted by molar-refractivity contribution is -0.152. The molecule has 168 valence electrons. The minimum absolute atomic E-state index is 0.00920. The third-order valence-corrected chi connectivity index (χ3v) is 5.13. The summed E-state index contributed by atoms with van der Waals surface area (Å²) in [6.07, 6.45) is -4.04. The van der Waals surface area contributed by atoms with Gasteiger partial charge in [0.1, 0.15) is 17.3 Å². The van der Waals surface area contributed by atoms with Crippen LogP contribution in [0.15, 0.2) is 18.3 Å². The number of aryl methyl sites for hydroxylation is 1. The fourth-order valence-corrected chi connectivity index (χ4v) is 3.55. The Morgan fingerprint density at radius 2 is 2.09 bits per heavy atom. The molecule has 4 rings (SSSR count). The van der Waals surface area contributed by atoms with E-state index in [1.807, 2.05) is 0 Å². The van der Waals surface area contributed by atoms with Gasteiger partial charge in [-0.1, -0.05) is 0 Å². The number of nitrogens with zero attached hydrogens (tertiary/aromatic N) is 5. The highest BCUT2D eigenvalue weighted by Crippen LogP contribution is 2.42. The predicted molar refractivity (Wildman–Crippen MR) is 106 cm³/mol. The maximum Gasteiger partial charge on any atom is 0.390 e. The molecule has 1 amide bonds. The minimum atomic E-state index is -4.37. The molecule has 0 spiro atoms. The number of aromatic nitrogens is 5. The van der Waals surface area contributed by atoms with Crippen molar-refractivity contribution in [1.82, 2.24) is 24.7 Å².